The third kappa shape index (κ3) is 4.06. The maximum absolute atomic E-state index is 6.06. The van der Waals surface area contributed by atoms with Gasteiger partial charge < -0.3 is 5.32 Å². The molecule has 2 atom stereocenters. The van der Waals surface area contributed by atoms with Crippen LogP contribution in [0.4, 0.5) is 0 Å². The highest BCUT2D eigenvalue weighted by Gasteiger charge is 2.26. The summed E-state index contributed by atoms with van der Waals surface area (Å²) in [5.74, 6) is 3.83. The van der Waals surface area contributed by atoms with Gasteiger partial charge >= 0.3 is 0 Å². The quantitative estimate of drug-likeness (QED) is 0.871. The molecule has 0 radical (unpaired) electrons. The molecule has 0 saturated carbocycles. The fourth-order valence-corrected chi connectivity index (χ4v) is 6.06. The van der Waals surface area contributed by atoms with E-state index in [2.05, 4.69) is 41.8 Å². The zero-order valence-corrected chi connectivity index (χ0v) is 13.2. The predicted octanol–water partition coefficient (Wildman–Crippen LogP) is 4.29. The minimum absolute atomic E-state index is 0.477. The molecule has 96 valence electrons. The van der Waals surface area contributed by atoms with E-state index in [9.17, 15) is 0 Å². The van der Waals surface area contributed by atoms with E-state index in [4.69, 9.17) is 11.6 Å². The van der Waals surface area contributed by atoms with Gasteiger partial charge in [-0.2, -0.15) is 23.5 Å². The minimum atomic E-state index is 0.477. The maximum atomic E-state index is 6.06. The van der Waals surface area contributed by atoms with Crippen molar-refractivity contribution in [1.82, 2.24) is 5.32 Å². The lowest BCUT2D eigenvalue weighted by molar-refractivity contribution is 0.537. The number of hydrogen-bond acceptors (Lipinski definition) is 4. The second-order valence-electron chi connectivity index (χ2n) is 4.06. The lowest BCUT2D eigenvalue weighted by Gasteiger charge is -2.29. The zero-order chi connectivity index (χ0) is 12.1. The van der Waals surface area contributed by atoms with Crippen LogP contribution in [0.3, 0.4) is 0 Å². The van der Waals surface area contributed by atoms with Crippen molar-refractivity contribution < 1.29 is 0 Å². The van der Waals surface area contributed by atoms with Gasteiger partial charge in [0.1, 0.15) is 0 Å². The number of thioether (sulfide) groups is 2. The van der Waals surface area contributed by atoms with Crippen LogP contribution in [0.15, 0.2) is 12.1 Å². The topological polar surface area (TPSA) is 12.0 Å². The summed E-state index contributed by atoms with van der Waals surface area (Å²) in [6, 6.07) is 4.67. The molecule has 1 nitrogen and oxygen atoms in total. The summed E-state index contributed by atoms with van der Waals surface area (Å²) in [4.78, 5) is 1.39. The second kappa shape index (κ2) is 7.29. The van der Waals surface area contributed by atoms with Crippen molar-refractivity contribution in [2.75, 3.05) is 23.8 Å². The number of hydrogen-bond donors (Lipinski definition) is 1. The normalized spacial score (nSPS) is 22.6. The van der Waals surface area contributed by atoms with E-state index in [0.29, 0.717) is 11.3 Å². The molecule has 5 heteroatoms. The van der Waals surface area contributed by atoms with Crippen LogP contribution in [-0.4, -0.2) is 29.1 Å². The van der Waals surface area contributed by atoms with Crippen LogP contribution >= 0.6 is 46.5 Å². The van der Waals surface area contributed by atoms with Crippen LogP contribution in [0.1, 0.15) is 24.3 Å². The van der Waals surface area contributed by atoms with Gasteiger partial charge in [0.15, 0.2) is 0 Å². The first-order valence-electron chi connectivity index (χ1n) is 5.99. The summed E-state index contributed by atoms with van der Waals surface area (Å²) in [5.41, 5.74) is 0. The number of rotatable bonds is 5. The Morgan fingerprint density at radius 3 is 2.94 bits per heavy atom. The summed E-state index contributed by atoms with van der Waals surface area (Å²) in [7, 11) is 0. The molecule has 0 amide bonds. The first kappa shape index (κ1) is 14.1. The van der Waals surface area contributed by atoms with Crippen molar-refractivity contribution in [1.29, 1.82) is 0 Å². The molecule has 2 heterocycles. The Hall–Kier alpha value is 0.650. The largest absolute Gasteiger partial charge is 0.308 e. The summed E-state index contributed by atoms with van der Waals surface area (Å²) in [5, 5.41) is 4.38. The number of halogens is 1. The molecule has 0 aliphatic carbocycles. The highest BCUT2D eigenvalue weighted by atomic mass is 35.5. The van der Waals surface area contributed by atoms with Gasteiger partial charge in [-0.3, -0.25) is 0 Å². The fraction of sp³-hybridized carbons (Fsp3) is 0.667. The molecule has 0 spiro atoms. The molecule has 0 aromatic carbocycles. The van der Waals surface area contributed by atoms with E-state index in [1.165, 1.54) is 28.6 Å². The van der Waals surface area contributed by atoms with E-state index in [-0.39, 0.29) is 0 Å². The molecular weight excluding hydrogens is 290 g/mol. The van der Waals surface area contributed by atoms with E-state index < -0.39 is 0 Å². The molecule has 1 fully saturated rings. The third-order valence-corrected chi connectivity index (χ3v) is 6.91. The average Bonchev–Trinajstić information content (AvgIpc) is 2.78. The highest BCUT2D eigenvalue weighted by Crippen LogP contribution is 2.37. The first-order chi connectivity index (χ1) is 8.31. The summed E-state index contributed by atoms with van der Waals surface area (Å²) in [6.07, 6.45) is 1.18. The molecule has 2 unspecified atom stereocenters. The van der Waals surface area contributed by atoms with Crippen LogP contribution < -0.4 is 5.32 Å². The standard InChI is InChI=1S/C12H18ClNS3/c1-2-5-14-12(9-3-4-11(13)17-9)10-8-15-6-7-16-10/h3-4,10,12,14H,2,5-8H2,1H3. The van der Waals surface area contributed by atoms with Gasteiger partial charge in [-0.25, -0.2) is 0 Å². The molecular formula is C12H18ClNS3. The maximum Gasteiger partial charge on any atom is 0.0931 e. The summed E-state index contributed by atoms with van der Waals surface area (Å²) < 4.78 is 0.900. The van der Waals surface area contributed by atoms with Crippen molar-refractivity contribution in [2.45, 2.75) is 24.6 Å². The summed E-state index contributed by atoms with van der Waals surface area (Å²) >= 11 is 12.0. The SMILES string of the molecule is CCCNC(c1ccc(Cl)s1)C1CSCCS1. The van der Waals surface area contributed by atoms with Crippen molar-refractivity contribution in [3.8, 4) is 0 Å². The molecule has 1 saturated heterocycles. The van der Waals surface area contributed by atoms with Crippen LogP contribution in [-0.2, 0) is 0 Å². The average molecular weight is 308 g/mol. The Morgan fingerprint density at radius 2 is 2.35 bits per heavy atom. The van der Waals surface area contributed by atoms with E-state index in [1.807, 2.05) is 6.07 Å². The van der Waals surface area contributed by atoms with Gasteiger partial charge in [0, 0.05) is 27.4 Å². The van der Waals surface area contributed by atoms with Crippen molar-refractivity contribution in [2.24, 2.45) is 0 Å². The van der Waals surface area contributed by atoms with E-state index in [0.717, 1.165) is 10.9 Å². The Kier molecular flexibility index (Phi) is 6.03. The van der Waals surface area contributed by atoms with E-state index >= 15 is 0 Å². The smallest absolute Gasteiger partial charge is 0.0931 e. The molecule has 17 heavy (non-hydrogen) atoms. The lowest BCUT2D eigenvalue weighted by Crippen LogP contribution is -2.33. The second-order valence-corrected chi connectivity index (χ2v) is 8.30. The predicted molar refractivity (Wildman–Crippen MR) is 83.9 cm³/mol. The van der Waals surface area contributed by atoms with Gasteiger partial charge in [0.05, 0.1) is 10.4 Å². The Morgan fingerprint density at radius 1 is 1.47 bits per heavy atom. The molecule has 1 aliphatic heterocycles. The molecule has 2 rings (SSSR count). The van der Waals surface area contributed by atoms with Gasteiger partial charge in [-0.15, -0.1) is 11.3 Å². The Labute approximate surface area is 121 Å². The molecule has 1 aliphatic rings. The number of thiophene rings is 1. The third-order valence-electron chi connectivity index (χ3n) is 2.73. The number of nitrogens with one attached hydrogen (secondary N) is 1. The van der Waals surface area contributed by atoms with E-state index in [1.54, 1.807) is 11.3 Å². The van der Waals surface area contributed by atoms with Crippen molar-refractivity contribution in [3.63, 3.8) is 0 Å². The Bertz CT molecular complexity index is 336. The van der Waals surface area contributed by atoms with Crippen LogP contribution in [0.25, 0.3) is 0 Å². The molecule has 1 N–H and O–H groups in total. The van der Waals surface area contributed by atoms with Gasteiger partial charge in [-0.1, -0.05) is 18.5 Å². The molecule has 1 aromatic heterocycles. The van der Waals surface area contributed by atoms with Gasteiger partial charge in [0.25, 0.3) is 0 Å². The first-order valence-corrected chi connectivity index (χ1v) is 9.39. The van der Waals surface area contributed by atoms with Crippen molar-refractivity contribution >= 4 is 46.5 Å². The zero-order valence-electron chi connectivity index (χ0n) is 9.95. The Balaban J connectivity index is 2.06. The fourth-order valence-electron chi connectivity index (χ4n) is 1.91. The van der Waals surface area contributed by atoms with Crippen molar-refractivity contribution in [3.05, 3.63) is 21.3 Å². The van der Waals surface area contributed by atoms with Gasteiger partial charge in [0.2, 0.25) is 0 Å². The summed E-state index contributed by atoms with van der Waals surface area (Å²) in [6.45, 7) is 3.30. The monoisotopic (exact) mass is 307 g/mol. The van der Waals surface area contributed by atoms with Crippen LogP contribution in [0.5, 0.6) is 0 Å². The lowest BCUT2D eigenvalue weighted by atomic mass is 10.2. The van der Waals surface area contributed by atoms with Crippen LogP contribution in [0.2, 0.25) is 4.34 Å². The van der Waals surface area contributed by atoms with Gasteiger partial charge in [-0.05, 0) is 25.1 Å². The highest BCUT2D eigenvalue weighted by molar-refractivity contribution is 8.06. The van der Waals surface area contributed by atoms with Crippen LogP contribution in [0, 0.1) is 0 Å². The molecule has 1 aromatic rings. The molecule has 0 bridgehead atoms. The minimum Gasteiger partial charge on any atom is -0.308 e.